The molecule has 0 aliphatic carbocycles. The SMILES string of the molecule is CCC(C)(C(N)=O)C(=O)c1ccc(C(F)F)c(Cl)c1. The van der Waals surface area contributed by atoms with E-state index >= 15 is 0 Å². The van der Waals surface area contributed by atoms with Gasteiger partial charge in [0.2, 0.25) is 5.91 Å². The third kappa shape index (κ3) is 2.92. The molecular formula is C13H14ClF2NO2. The molecule has 0 fully saturated rings. The van der Waals surface area contributed by atoms with Crippen molar-refractivity contribution >= 4 is 23.3 Å². The summed E-state index contributed by atoms with van der Waals surface area (Å²) in [6.07, 6.45) is -2.50. The molecule has 0 aromatic heterocycles. The first-order valence-corrected chi connectivity index (χ1v) is 6.04. The zero-order chi connectivity index (χ0) is 14.8. The standard InChI is InChI=1S/C13H14ClF2NO2/c1-3-13(2,12(17)19)10(18)7-4-5-8(11(15)16)9(14)6-7/h4-6,11H,3H2,1-2H3,(H2,17,19). The molecule has 1 rings (SSSR count). The number of halogens is 3. The molecule has 1 aromatic carbocycles. The number of carbonyl (C=O) groups is 2. The van der Waals surface area contributed by atoms with Crippen LogP contribution in [0.15, 0.2) is 18.2 Å². The van der Waals surface area contributed by atoms with Crippen LogP contribution in [0, 0.1) is 5.41 Å². The van der Waals surface area contributed by atoms with Gasteiger partial charge >= 0.3 is 0 Å². The molecule has 2 N–H and O–H groups in total. The minimum atomic E-state index is -2.72. The Morgan fingerprint density at radius 1 is 1.42 bits per heavy atom. The van der Waals surface area contributed by atoms with Crippen molar-refractivity contribution in [3.05, 3.63) is 34.3 Å². The Morgan fingerprint density at radius 3 is 2.37 bits per heavy atom. The number of rotatable bonds is 5. The van der Waals surface area contributed by atoms with Crippen LogP contribution >= 0.6 is 11.6 Å². The predicted octanol–water partition coefficient (Wildman–Crippen LogP) is 3.36. The van der Waals surface area contributed by atoms with Crippen LogP contribution in [0.25, 0.3) is 0 Å². The third-order valence-corrected chi connectivity index (χ3v) is 3.58. The number of primary amides is 1. The van der Waals surface area contributed by atoms with E-state index < -0.39 is 23.5 Å². The fraction of sp³-hybridized carbons (Fsp3) is 0.385. The lowest BCUT2D eigenvalue weighted by atomic mass is 9.79. The van der Waals surface area contributed by atoms with Gasteiger partial charge in [0.15, 0.2) is 5.78 Å². The molecule has 3 nitrogen and oxygen atoms in total. The molecule has 1 atom stereocenters. The summed E-state index contributed by atoms with van der Waals surface area (Å²) in [4.78, 5) is 23.6. The summed E-state index contributed by atoms with van der Waals surface area (Å²) in [5, 5.41) is -0.205. The number of alkyl halides is 2. The van der Waals surface area contributed by atoms with Gasteiger partial charge in [-0.3, -0.25) is 9.59 Å². The van der Waals surface area contributed by atoms with Gasteiger partial charge < -0.3 is 5.73 Å². The predicted molar refractivity (Wildman–Crippen MR) is 68.3 cm³/mol. The maximum Gasteiger partial charge on any atom is 0.265 e. The quantitative estimate of drug-likeness (QED) is 0.667. The lowest BCUT2D eigenvalue weighted by molar-refractivity contribution is -0.124. The number of Topliss-reactive ketones (excluding diaryl/α,β-unsaturated/α-hetero) is 1. The summed E-state index contributed by atoms with van der Waals surface area (Å²) < 4.78 is 25.1. The highest BCUT2D eigenvalue weighted by atomic mass is 35.5. The molecular weight excluding hydrogens is 276 g/mol. The van der Waals surface area contributed by atoms with Crippen molar-refractivity contribution in [2.24, 2.45) is 11.1 Å². The van der Waals surface area contributed by atoms with Crippen molar-refractivity contribution < 1.29 is 18.4 Å². The van der Waals surface area contributed by atoms with Crippen LogP contribution in [-0.2, 0) is 4.79 Å². The molecule has 0 heterocycles. The monoisotopic (exact) mass is 289 g/mol. The molecule has 6 heteroatoms. The average Bonchev–Trinajstić information content (AvgIpc) is 2.35. The van der Waals surface area contributed by atoms with E-state index in [1.807, 2.05) is 0 Å². The van der Waals surface area contributed by atoms with Crippen molar-refractivity contribution in [2.75, 3.05) is 0 Å². The smallest absolute Gasteiger partial charge is 0.265 e. The van der Waals surface area contributed by atoms with Crippen molar-refractivity contribution in [2.45, 2.75) is 26.7 Å². The Hall–Kier alpha value is -1.49. The van der Waals surface area contributed by atoms with Gasteiger partial charge in [-0.05, 0) is 19.4 Å². The molecule has 0 saturated carbocycles. The molecule has 0 bridgehead atoms. The van der Waals surface area contributed by atoms with Crippen LogP contribution < -0.4 is 5.73 Å². The van der Waals surface area contributed by atoms with E-state index in [1.54, 1.807) is 6.92 Å². The van der Waals surface area contributed by atoms with E-state index in [1.165, 1.54) is 13.0 Å². The number of hydrogen-bond donors (Lipinski definition) is 1. The molecule has 0 radical (unpaired) electrons. The molecule has 19 heavy (non-hydrogen) atoms. The molecule has 104 valence electrons. The van der Waals surface area contributed by atoms with E-state index in [2.05, 4.69) is 0 Å². The van der Waals surface area contributed by atoms with Crippen molar-refractivity contribution in [3.63, 3.8) is 0 Å². The van der Waals surface area contributed by atoms with Crippen molar-refractivity contribution in [3.8, 4) is 0 Å². The largest absolute Gasteiger partial charge is 0.369 e. The number of nitrogens with two attached hydrogens (primary N) is 1. The van der Waals surface area contributed by atoms with Crippen LogP contribution in [0.4, 0.5) is 8.78 Å². The van der Waals surface area contributed by atoms with Gasteiger partial charge in [0.25, 0.3) is 6.43 Å². The Kier molecular flexibility index (Phi) is 4.63. The number of hydrogen-bond acceptors (Lipinski definition) is 2. The Balaban J connectivity index is 3.21. The molecule has 0 aliphatic heterocycles. The Morgan fingerprint density at radius 2 is 2.00 bits per heavy atom. The number of carbonyl (C=O) groups excluding carboxylic acids is 2. The van der Waals surface area contributed by atoms with Crippen LogP contribution in [0.5, 0.6) is 0 Å². The molecule has 1 unspecified atom stereocenters. The second-order valence-corrected chi connectivity index (χ2v) is 4.82. The second-order valence-electron chi connectivity index (χ2n) is 4.42. The maximum atomic E-state index is 12.5. The summed E-state index contributed by atoms with van der Waals surface area (Å²) in [6.45, 7) is 3.07. The van der Waals surface area contributed by atoms with Crippen LogP contribution in [0.3, 0.4) is 0 Å². The molecule has 1 amide bonds. The van der Waals surface area contributed by atoms with Gasteiger partial charge in [-0.15, -0.1) is 0 Å². The topological polar surface area (TPSA) is 60.2 Å². The average molecular weight is 290 g/mol. The van der Waals surface area contributed by atoms with Crippen molar-refractivity contribution in [1.82, 2.24) is 0 Å². The van der Waals surface area contributed by atoms with Gasteiger partial charge in [-0.2, -0.15) is 0 Å². The molecule has 0 aliphatic rings. The summed E-state index contributed by atoms with van der Waals surface area (Å²) >= 11 is 5.69. The number of amides is 1. The van der Waals surface area contributed by atoms with Crippen LogP contribution in [0.2, 0.25) is 5.02 Å². The zero-order valence-electron chi connectivity index (χ0n) is 10.5. The fourth-order valence-electron chi connectivity index (χ4n) is 1.61. The number of ketones is 1. The van der Waals surface area contributed by atoms with Gasteiger partial charge in [-0.25, -0.2) is 8.78 Å². The minimum absolute atomic E-state index is 0.0950. The first kappa shape index (κ1) is 15.6. The summed E-state index contributed by atoms with van der Waals surface area (Å²) in [7, 11) is 0. The lowest BCUT2D eigenvalue weighted by Gasteiger charge is -2.22. The first-order valence-electron chi connectivity index (χ1n) is 5.66. The Bertz CT molecular complexity index is 519. The fourth-order valence-corrected chi connectivity index (χ4v) is 1.87. The molecule has 0 spiro atoms. The highest BCUT2D eigenvalue weighted by Gasteiger charge is 2.38. The summed E-state index contributed by atoms with van der Waals surface area (Å²) in [6, 6.07) is 3.45. The van der Waals surface area contributed by atoms with Crippen LogP contribution in [0.1, 0.15) is 42.6 Å². The van der Waals surface area contributed by atoms with E-state index in [9.17, 15) is 18.4 Å². The lowest BCUT2D eigenvalue weighted by Crippen LogP contribution is -2.41. The zero-order valence-corrected chi connectivity index (χ0v) is 11.3. The molecule has 0 saturated heterocycles. The van der Waals surface area contributed by atoms with Gasteiger partial charge in [0.1, 0.15) is 5.41 Å². The minimum Gasteiger partial charge on any atom is -0.369 e. The van der Waals surface area contributed by atoms with Crippen LogP contribution in [-0.4, -0.2) is 11.7 Å². The highest BCUT2D eigenvalue weighted by molar-refractivity contribution is 6.32. The van der Waals surface area contributed by atoms with Crippen molar-refractivity contribution in [1.29, 1.82) is 0 Å². The summed E-state index contributed by atoms with van der Waals surface area (Å²) in [5.41, 5.74) is 3.60. The molecule has 1 aromatic rings. The summed E-state index contributed by atoms with van der Waals surface area (Å²) in [5.74, 6) is -1.28. The van der Waals surface area contributed by atoms with Gasteiger partial charge in [0.05, 0.1) is 5.02 Å². The maximum absolute atomic E-state index is 12.5. The first-order chi connectivity index (χ1) is 8.74. The van der Waals surface area contributed by atoms with Gasteiger partial charge in [0, 0.05) is 11.1 Å². The van der Waals surface area contributed by atoms with E-state index in [4.69, 9.17) is 17.3 Å². The third-order valence-electron chi connectivity index (χ3n) is 3.25. The van der Waals surface area contributed by atoms with E-state index in [0.717, 1.165) is 12.1 Å². The Labute approximate surface area is 114 Å². The highest BCUT2D eigenvalue weighted by Crippen LogP contribution is 2.31. The normalized spacial score (nSPS) is 14.2. The second kappa shape index (κ2) is 5.65. The van der Waals surface area contributed by atoms with E-state index in [-0.39, 0.29) is 22.6 Å². The van der Waals surface area contributed by atoms with E-state index in [0.29, 0.717) is 0 Å². The number of benzene rings is 1. The van der Waals surface area contributed by atoms with Gasteiger partial charge in [-0.1, -0.05) is 30.7 Å².